The molecule has 0 saturated heterocycles. The van der Waals surface area contributed by atoms with Crippen LogP contribution in [0, 0.1) is 0 Å². The molecule has 0 saturated carbocycles. The molecule has 0 amide bonds. The van der Waals surface area contributed by atoms with E-state index in [4.69, 9.17) is 0 Å². The molecule has 2 aromatic carbocycles. The van der Waals surface area contributed by atoms with Crippen LogP contribution in [-0.2, 0) is 0 Å². The summed E-state index contributed by atoms with van der Waals surface area (Å²) in [6.45, 7) is 0. The van der Waals surface area contributed by atoms with Gasteiger partial charge in [-0.25, -0.2) is 0 Å². The molecule has 1 aliphatic heterocycles. The Bertz CT molecular complexity index is 703. The van der Waals surface area contributed by atoms with E-state index in [1.165, 1.54) is 32.4 Å². The fourth-order valence-electron chi connectivity index (χ4n) is 2.14. The molecule has 0 spiro atoms. The fraction of sp³-hybridized carbons (Fsp3) is 0. The Hall–Kier alpha value is -1.26. The van der Waals surface area contributed by atoms with Crippen molar-refractivity contribution in [2.75, 3.05) is 4.72 Å². The molecule has 4 heteroatoms. The van der Waals surface area contributed by atoms with Crippen molar-refractivity contribution < 1.29 is 0 Å². The van der Waals surface area contributed by atoms with Gasteiger partial charge in [-0.15, -0.1) is 0 Å². The van der Waals surface area contributed by atoms with Crippen molar-refractivity contribution in [3.05, 3.63) is 36.4 Å². The molecule has 2 nitrogen and oxygen atoms in total. The van der Waals surface area contributed by atoms with Gasteiger partial charge in [0.05, 0.1) is 5.69 Å². The van der Waals surface area contributed by atoms with Gasteiger partial charge >= 0.3 is 0 Å². The molecular weight excluding hydrogens is 236 g/mol. The molecule has 0 atom stereocenters. The van der Waals surface area contributed by atoms with Gasteiger partial charge in [-0.05, 0) is 29.0 Å². The number of hydrogen-bond acceptors (Lipinski definition) is 3. The average molecular weight is 244 g/mol. The summed E-state index contributed by atoms with van der Waals surface area (Å²) < 4.78 is 3.31. The van der Waals surface area contributed by atoms with E-state index < -0.39 is 0 Å². The van der Waals surface area contributed by atoms with Crippen LogP contribution in [0.5, 0.6) is 0 Å². The second-order valence-electron chi connectivity index (χ2n) is 3.83. The molecule has 1 aromatic heterocycles. The maximum Gasteiger partial charge on any atom is 0.0601 e. The number of aromatic nitrogens is 1. The zero-order chi connectivity index (χ0) is 10.5. The zero-order valence-corrected chi connectivity index (χ0v) is 9.91. The monoisotopic (exact) mass is 244 g/mol. The van der Waals surface area contributed by atoms with Gasteiger partial charge in [-0.1, -0.05) is 18.2 Å². The van der Waals surface area contributed by atoms with Crippen LogP contribution in [0.2, 0.25) is 0 Å². The molecule has 0 unspecified atom stereocenters. The highest BCUT2D eigenvalue weighted by molar-refractivity contribution is 8.77. The van der Waals surface area contributed by atoms with Crippen LogP contribution in [-0.4, -0.2) is 4.98 Å². The molecule has 0 bridgehead atoms. The summed E-state index contributed by atoms with van der Waals surface area (Å²) in [5.74, 6) is 0. The van der Waals surface area contributed by atoms with Crippen molar-refractivity contribution in [3.63, 3.8) is 0 Å². The number of nitrogens with one attached hydrogen (secondary N) is 2. The van der Waals surface area contributed by atoms with Gasteiger partial charge in [0.25, 0.3) is 0 Å². The first-order chi connectivity index (χ1) is 7.92. The minimum atomic E-state index is 1.21. The third-order valence-corrected chi connectivity index (χ3v) is 4.83. The Labute approximate surface area is 100 Å². The van der Waals surface area contributed by atoms with Crippen LogP contribution in [0.25, 0.3) is 21.8 Å². The quantitative estimate of drug-likeness (QED) is 0.453. The summed E-state index contributed by atoms with van der Waals surface area (Å²) in [6.07, 6.45) is 0. The molecule has 78 valence electrons. The topological polar surface area (TPSA) is 27.8 Å². The highest BCUT2D eigenvalue weighted by atomic mass is 33.1. The fourth-order valence-corrected chi connectivity index (χ4v) is 4.04. The van der Waals surface area contributed by atoms with Crippen LogP contribution in [0.3, 0.4) is 0 Å². The van der Waals surface area contributed by atoms with Gasteiger partial charge in [0.2, 0.25) is 0 Å². The number of anilines is 1. The summed E-state index contributed by atoms with van der Waals surface area (Å²) >= 11 is 0. The van der Waals surface area contributed by atoms with E-state index in [-0.39, 0.29) is 0 Å². The van der Waals surface area contributed by atoms with Crippen molar-refractivity contribution in [2.45, 2.75) is 4.90 Å². The smallest absolute Gasteiger partial charge is 0.0601 e. The molecule has 16 heavy (non-hydrogen) atoms. The Morgan fingerprint density at radius 3 is 2.88 bits per heavy atom. The average Bonchev–Trinajstić information content (AvgIpc) is 2.88. The lowest BCUT2D eigenvalue weighted by Crippen LogP contribution is -1.78. The molecule has 0 aliphatic carbocycles. The van der Waals surface area contributed by atoms with Gasteiger partial charge in [-0.3, -0.25) is 0 Å². The first-order valence-corrected chi connectivity index (χ1v) is 7.21. The SMILES string of the molecule is c1ccc2c(c1)[nH]c1cc3c(cc12)NSS3. The van der Waals surface area contributed by atoms with Gasteiger partial charge in [0.1, 0.15) is 0 Å². The van der Waals surface area contributed by atoms with Crippen LogP contribution in [0.1, 0.15) is 0 Å². The minimum absolute atomic E-state index is 1.21. The minimum Gasteiger partial charge on any atom is -0.354 e. The van der Waals surface area contributed by atoms with Gasteiger partial charge in [0.15, 0.2) is 0 Å². The third kappa shape index (κ3) is 1.11. The lowest BCUT2D eigenvalue weighted by Gasteiger charge is -1.97. The lowest BCUT2D eigenvalue weighted by atomic mass is 10.1. The van der Waals surface area contributed by atoms with E-state index in [9.17, 15) is 0 Å². The second-order valence-corrected chi connectivity index (χ2v) is 5.81. The normalized spacial score (nSPS) is 14.2. The second kappa shape index (κ2) is 3.12. The first-order valence-electron chi connectivity index (χ1n) is 5.06. The Balaban J connectivity index is 2.19. The predicted molar refractivity (Wildman–Crippen MR) is 72.9 cm³/mol. The Morgan fingerprint density at radius 1 is 0.938 bits per heavy atom. The molecule has 0 radical (unpaired) electrons. The lowest BCUT2D eigenvalue weighted by molar-refractivity contribution is 1.48. The van der Waals surface area contributed by atoms with Crippen LogP contribution >= 0.6 is 21.8 Å². The molecule has 1 aliphatic rings. The van der Waals surface area contributed by atoms with Crippen LogP contribution < -0.4 is 4.72 Å². The first kappa shape index (κ1) is 8.84. The molecular formula is C12H8N2S2. The van der Waals surface area contributed by atoms with Crippen LogP contribution in [0.15, 0.2) is 41.3 Å². The van der Waals surface area contributed by atoms with Crippen molar-refractivity contribution in [1.82, 2.24) is 4.98 Å². The largest absolute Gasteiger partial charge is 0.354 e. The molecule has 3 aromatic rings. The third-order valence-electron chi connectivity index (χ3n) is 2.89. The Morgan fingerprint density at radius 2 is 1.88 bits per heavy atom. The van der Waals surface area contributed by atoms with Crippen molar-refractivity contribution >= 4 is 49.3 Å². The highest BCUT2D eigenvalue weighted by Gasteiger charge is 2.14. The number of H-pyrrole nitrogens is 1. The van der Waals surface area contributed by atoms with E-state index in [1.807, 2.05) is 0 Å². The zero-order valence-electron chi connectivity index (χ0n) is 8.28. The summed E-state index contributed by atoms with van der Waals surface area (Å²) in [4.78, 5) is 4.77. The number of aromatic amines is 1. The van der Waals surface area contributed by atoms with E-state index in [1.54, 1.807) is 21.8 Å². The van der Waals surface area contributed by atoms with E-state index >= 15 is 0 Å². The standard InChI is InChI=1S/C12H8N2S2/c1-2-4-9-7(3-1)8-5-11-12(15-16-14-11)6-10(8)13-9/h1-6,13-14H. The highest BCUT2D eigenvalue weighted by Crippen LogP contribution is 2.46. The molecule has 2 heterocycles. The van der Waals surface area contributed by atoms with E-state index in [0.29, 0.717) is 0 Å². The maximum absolute atomic E-state index is 3.46. The van der Waals surface area contributed by atoms with Gasteiger partial charge < -0.3 is 9.71 Å². The number of fused-ring (bicyclic) bond motifs is 4. The van der Waals surface area contributed by atoms with Crippen molar-refractivity contribution in [1.29, 1.82) is 0 Å². The number of benzene rings is 2. The molecule has 4 rings (SSSR count). The van der Waals surface area contributed by atoms with Crippen molar-refractivity contribution in [2.24, 2.45) is 0 Å². The maximum atomic E-state index is 3.46. The van der Waals surface area contributed by atoms with Gasteiger partial charge in [-0.2, -0.15) is 0 Å². The van der Waals surface area contributed by atoms with E-state index in [2.05, 4.69) is 46.1 Å². The summed E-state index contributed by atoms with van der Waals surface area (Å²) in [7, 11) is 3.45. The number of hydrogen-bond donors (Lipinski definition) is 2. The number of rotatable bonds is 0. The summed E-state index contributed by atoms with van der Waals surface area (Å²) in [6, 6.07) is 12.9. The summed E-state index contributed by atoms with van der Waals surface area (Å²) in [5.41, 5.74) is 3.66. The van der Waals surface area contributed by atoms with Crippen molar-refractivity contribution in [3.8, 4) is 0 Å². The Kier molecular flexibility index (Phi) is 1.72. The molecule has 0 fully saturated rings. The predicted octanol–water partition coefficient (Wildman–Crippen LogP) is 4.40. The summed E-state index contributed by atoms with van der Waals surface area (Å²) in [5, 5.41) is 2.59. The van der Waals surface area contributed by atoms with Crippen LogP contribution in [0.4, 0.5) is 5.69 Å². The number of para-hydroxylation sites is 1. The van der Waals surface area contributed by atoms with Gasteiger partial charge in [0, 0.05) is 37.7 Å². The molecule has 2 N–H and O–H groups in total. The van der Waals surface area contributed by atoms with E-state index in [0.717, 1.165) is 0 Å².